The van der Waals surface area contributed by atoms with Gasteiger partial charge < -0.3 is 5.32 Å². The highest BCUT2D eigenvalue weighted by molar-refractivity contribution is 7.89. The lowest BCUT2D eigenvalue weighted by atomic mass is 10.3. The van der Waals surface area contributed by atoms with Gasteiger partial charge in [-0.05, 0) is 29.1 Å². The van der Waals surface area contributed by atoms with Crippen molar-refractivity contribution in [1.29, 1.82) is 0 Å². The molecule has 0 aromatic heterocycles. The Morgan fingerprint density at radius 3 is 2.14 bits per heavy atom. The molecule has 0 aliphatic rings. The third-order valence-electron chi connectivity index (χ3n) is 2.98. The fourth-order valence-corrected chi connectivity index (χ4v) is 3.06. The van der Waals surface area contributed by atoms with Crippen LogP contribution in [0.1, 0.15) is 6.92 Å². The Hall–Kier alpha value is -2.22. The minimum absolute atomic E-state index is 0.136. The molecule has 0 aliphatic carbocycles. The van der Waals surface area contributed by atoms with Crippen LogP contribution in [0.4, 0.5) is 11.4 Å². The van der Waals surface area contributed by atoms with E-state index in [0.29, 0.717) is 10.7 Å². The molecule has 22 heavy (non-hydrogen) atoms. The quantitative estimate of drug-likeness (QED) is 0.709. The van der Waals surface area contributed by atoms with Crippen molar-refractivity contribution < 1.29 is 18.2 Å². The van der Waals surface area contributed by atoms with Crippen molar-refractivity contribution >= 4 is 27.3 Å². The van der Waals surface area contributed by atoms with Gasteiger partial charge in [0.15, 0.2) is 5.69 Å². The molecule has 0 heterocycles. The van der Waals surface area contributed by atoms with Gasteiger partial charge in [0.2, 0.25) is 5.91 Å². The van der Waals surface area contributed by atoms with Crippen molar-refractivity contribution in [1.82, 2.24) is 4.83 Å². The first-order chi connectivity index (χ1) is 10.4. The molecular weight excluding hydrogens is 302 g/mol. The number of anilines is 1. The standard InChI is InChI=1S/C15H17N3O3S/c1-12(19)16-13-8-10-15(11-9-13)22(20,21)17-18(2)14-6-4-3-5-7-14/h3-11,17H,1-2H3,(H,16,19)/p+1. The Morgan fingerprint density at radius 2 is 1.59 bits per heavy atom. The van der Waals surface area contributed by atoms with Gasteiger partial charge in [0, 0.05) is 24.7 Å². The minimum Gasteiger partial charge on any atom is -0.326 e. The van der Waals surface area contributed by atoms with Gasteiger partial charge in [0.05, 0.1) is 11.9 Å². The third kappa shape index (κ3) is 4.14. The van der Waals surface area contributed by atoms with Crippen molar-refractivity contribution in [3.05, 3.63) is 54.6 Å². The van der Waals surface area contributed by atoms with Crippen LogP contribution in [0.3, 0.4) is 0 Å². The molecule has 6 nitrogen and oxygen atoms in total. The summed E-state index contributed by atoms with van der Waals surface area (Å²) in [5.74, 6) is -0.206. The highest BCUT2D eigenvalue weighted by Gasteiger charge is 2.20. The smallest absolute Gasteiger partial charge is 0.282 e. The number of rotatable bonds is 5. The molecule has 2 aromatic rings. The molecular formula is C15H18N3O3S+. The summed E-state index contributed by atoms with van der Waals surface area (Å²) in [5.41, 5.74) is 1.36. The fourth-order valence-electron chi connectivity index (χ4n) is 1.93. The monoisotopic (exact) mass is 320 g/mol. The van der Waals surface area contributed by atoms with Crippen LogP contribution >= 0.6 is 0 Å². The fraction of sp³-hybridized carbons (Fsp3) is 0.133. The van der Waals surface area contributed by atoms with Crippen molar-refractivity contribution in [3.8, 4) is 0 Å². The predicted molar refractivity (Wildman–Crippen MR) is 84.1 cm³/mol. The maximum atomic E-state index is 12.3. The molecule has 1 unspecified atom stereocenters. The van der Waals surface area contributed by atoms with Crippen molar-refractivity contribution in [3.63, 3.8) is 0 Å². The summed E-state index contributed by atoms with van der Waals surface area (Å²) < 4.78 is 24.7. The van der Waals surface area contributed by atoms with Gasteiger partial charge >= 0.3 is 0 Å². The van der Waals surface area contributed by atoms with Crippen LogP contribution in [0.15, 0.2) is 59.5 Å². The Labute approximate surface area is 129 Å². The molecule has 3 N–H and O–H groups in total. The molecule has 0 saturated carbocycles. The highest BCUT2D eigenvalue weighted by atomic mass is 32.2. The summed E-state index contributed by atoms with van der Waals surface area (Å²) in [6.45, 7) is 1.39. The van der Waals surface area contributed by atoms with Crippen LogP contribution in [0.25, 0.3) is 0 Å². The van der Waals surface area contributed by atoms with Gasteiger partial charge in [-0.1, -0.05) is 18.2 Å². The van der Waals surface area contributed by atoms with Gasteiger partial charge in [0.1, 0.15) is 0 Å². The lowest BCUT2D eigenvalue weighted by molar-refractivity contribution is -0.843. The average molecular weight is 320 g/mol. The second-order valence-corrected chi connectivity index (χ2v) is 6.48. The Bertz CT molecular complexity index is 743. The van der Waals surface area contributed by atoms with Gasteiger partial charge in [-0.15, -0.1) is 0 Å². The van der Waals surface area contributed by atoms with Crippen molar-refractivity contribution in [2.75, 3.05) is 12.4 Å². The normalized spacial score (nSPS) is 12.6. The van der Waals surface area contributed by atoms with E-state index in [1.165, 1.54) is 19.1 Å². The maximum absolute atomic E-state index is 12.3. The summed E-state index contributed by atoms with van der Waals surface area (Å²) in [6, 6.07) is 15.2. The number of hydrogen-bond donors (Lipinski definition) is 3. The molecule has 116 valence electrons. The van der Waals surface area contributed by atoms with E-state index in [0.717, 1.165) is 5.69 Å². The molecule has 0 aliphatic heterocycles. The number of amides is 1. The van der Waals surface area contributed by atoms with Crippen LogP contribution in [0.2, 0.25) is 0 Å². The summed E-state index contributed by atoms with van der Waals surface area (Å²) in [6.07, 6.45) is 0. The van der Waals surface area contributed by atoms with E-state index in [1.54, 1.807) is 19.2 Å². The van der Waals surface area contributed by atoms with E-state index in [1.807, 2.05) is 30.3 Å². The van der Waals surface area contributed by atoms with E-state index in [-0.39, 0.29) is 10.8 Å². The van der Waals surface area contributed by atoms with Crippen LogP contribution < -0.4 is 15.2 Å². The molecule has 7 heteroatoms. The number of nitrogens with one attached hydrogen (secondary N) is 3. The van der Waals surface area contributed by atoms with Crippen LogP contribution in [0, 0.1) is 0 Å². The number of para-hydroxylation sites is 1. The summed E-state index contributed by atoms with van der Waals surface area (Å²) in [5, 5.41) is 3.14. The van der Waals surface area contributed by atoms with E-state index < -0.39 is 10.0 Å². The Balaban J connectivity index is 2.15. The molecule has 1 amide bonds. The summed E-state index contributed by atoms with van der Waals surface area (Å²) in [7, 11) is -1.95. The van der Waals surface area contributed by atoms with Gasteiger partial charge in [-0.25, -0.2) is 13.4 Å². The number of carbonyl (C=O) groups is 1. The molecule has 0 radical (unpaired) electrons. The molecule has 1 atom stereocenters. The topological polar surface area (TPSA) is 79.7 Å². The second kappa shape index (κ2) is 6.69. The van der Waals surface area contributed by atoms with Gasteiger partial charge in [-0.2, -0.15) is 0 Å². The molecule has 2 rings (SSSR count). The number of carbonyl (C=O) groups excluding carboxylic acids is 1. The maximum Gasteiger partial charge on any atom is 0.282 e. The van der Waals surface area contributed by atoms with E-state index in [4.69, 9.17) is 0 Å². The molecule has 0 spiro atoms. The third-order valence-corrected chi connectivity index (χ3v) is 4.45. The minimum atomic E-state index is -3.65. The van der Waals surface area contributed by atoms with Gasteiger partial charge in [0.25, 0.3) is 10.0 Å². The average Bonchev–Trinajstić information content (AvgIpc) is 2.47. The predicted octanol–water partition coefficient (Wildman–Crippen LogP) is 0.685. The SMILES string of the molecule is CC(=O)Nc1ccc(S(=O)(=O)N[NH+](C)c2ccccc2)cc1. The summed E-state index contributed by atoms with van der Waals surface area (Å²) >= 11 is 0. The van der Waals surface area contributed by atoms with Crippen molar-refractivity contribution in [2.24, 2.45) is 0 Å². The lowest BCUT2D eigenvalue weighted by Gasteiger charge is -2.14. The van der Waals surface area contributed by atoms with E-state index in [9.17, 15) is 13.2 Å². The van der Waals surface area contributed by atoms with Crippen LogP contribution in [-0.4, -0.2) is 21.4 Å². The van der Waals surface area contributed by atoms with Gasteiger partial charge in [-0.3, -0.25) is 4.79 Å². The zero-order valence-corrected chi connectivity index (χ0v) is 13.1. The first kappa shape index (κ1) is 16.2. The molecule has 0 bridgehead atoms. The Kier molecular flexibility index (Phi) is 4.92. The molecule has 2 aromatic carbocycles. The zero-order chi connectivity index (χ0) is 16.2. The number of quaternary nitrogens is 1. The van der Waals surface area contributed by atoms with E-state index in [2.05, 4.69) is 10.1 Å². The highest BCUT2D eigenvalue weighted by Crippen LogP contribution is 2.13. The largest absolute Gasteiger partial charge is 0.326 e. The zero-order valence-electron chi connectivity index (χ0n) is 12.3. The number of benzene rings is 2. The number of sulfonamides is 1. The first-order valence-electron chi connectivity index (χ1n) is 6.68. The van der Waals surface area contributed by atoms with E-state index >= 15 is 0 Å². The van der Waals surface area contributed by atoms with Crippen LogP contribution in [0.5, 0.6) is 0 Å². The van der Waals surface area contributed by atoms with Crippen molar-refractivity contribution in [2.45, 2.75) is 11.8 Å². The number of hydrogen-bond acceptors (Lipinski definition) is 3. The summed E-state index contributed by atoms with van der Waals surface area (Å²) in [4.78, 5) is 13.6. The van der Waals surface area contributed by atoms with Crippen LogP contribution in [-0.2, 0) is 14.8 Å². The lowest BCUT2D eigenvalue weighted by Crippen LogP contribution is -3.11. The Morgan fingerprint density at radius 1 is 1.00 bits per heavy atom. The second-order valence-electron chi connectivity index (χ2n) is 4.80. The molecule has 0 fully saturated rings. The molecule has 0 saturated heterocycles. The first-order valence-corrected chi connectivity index (χ1v) is 8.16.